The van der Waals surface area contributed by atoms with Crippen LogP contribution in [0.2, 0.25) is 0 Å². The largest absolute Gasteiger partial charge is 0.390 e. The molecule has 38 heavy (non-hydrogen) atoms. The summed E-state index contributed by atoms with van der Waals surface area (Å²) in [5, 5.41) is 19.5. The Morgan fingerprint density at radius 3 is 2.55 bits per heavy atom. The first-order chi connectivity index (χ1) is 17.7. The number of alkyl halides is 1. The van der Waals surface area contributed by atoms with Gasteiger partial charge in [-0.3, -0.25) is 9.59 Å². The van der Waals surface area contributed by atoms with Crippen LogP contribution in [0, 0.1) is 35.0 Å². The number of carbonyl (C=O) groups is 2. The molecule has 5 rings (SSSR count). The molecule has 4 unspecified atom stereocenters. The second kappa shape index (κ2) is 9.72. The van der Waals surface area contributed by atoms with E-state index < -0.39 is 71.1 Å². The number of halogens is 4. The molecule has 2 saturated heterocycles. The van der Waals surface area contributed by atoms with Crippen LogP contribution in [0.3, 0.4) is 0 Å². The molecule has 208 valence electrons. The number of hydrogen-bond acceptors (Lipinski definition) is 4. The molecular formula is C28H35Cl2F2N3O3. The lowest BCUT2D eigenvalue weighted by atomic mass is 9.62. The Bertz CT molecular complexity index is 1150. The zero-order valence-electron chi connectivity index (χ0n) is 21.9. The number of amides is 2. The van der Waals surface area contributed by atoms with E-state index in [9.17, 15) is 14.7 Å². The van der Waals surface area contributed by atoms with E-state index in [1.807, 2.05) is 0 Å². The number of allylic oxidation sites excluding steroid dienone is 7. The smallest absolute Gasteiger partial charge is 0.237 e. The third-order valence-electron chi connectivity index (χ3n) is 8.60. The van der Waals surface area contributed by atoms with Crippen LogP contribution >= 0.6 is 23.2 Å². The third-order valence-corrected chi connectivity index (χ3v) is 9.23. The SMILES string of the molecule is CC(C)(C)C[C@H]1N[C@@H](C(=O)NC2CC(C)(O)C2)[C@H](C2C=CC=C(Cl)C2F)[C@@H]2C(=O)NC3=CC(Cl)=C(F)C2C31. The molecule has 2 heterocycles. The van der Waals surface area contributed by atoms with Gasteiger partial charge in [-0.2, -0.15) is 0 Å². The van der Waals surface area contributed by atoms with E-state index in [4.69, 9.17) is 23.2 Å². The zero-order chi connectivity index (χ0) is 27.7. The molecule has 4 N–H and O–H groups in total. The maximum atomic E-state index is 16.0. The summed E-state index contributed by atoms with van der Waals surface area (Å²) in [4.78, 5) is 27.6. The van der Waals surface area contributed by atoms with Crippen LogP contribution in [0.25, 0.3) is 0 Å². The molecule has 2 amide bonds. The van der Waals surface area contributed by atoms with E-state index in [-0.39, 0.29) is 21.5 Å². The summed E-state index contributed by atoms with van der Waals surface area (Å²) < 4.78 is 31.7. The Balaban J connectivity index is 1.62. The number of hydrogen-bond donors (Lipinski definition) is 4. The molecule has 10 heteroatoms. The second-order valence-electron chi connectivity index (χ2n) is 13.0. The molecule has 4 bridgehead atoms. The molecule has 5 aliphatic rings. The van der Waals surface area contributed by atoms with Crippen LogP contribution in [-0.4, -0.2) is 46.8 Å². The van der Waals surface area contributed by atoms with Crippen LogP contribution in [-0.2, 0) is 9.59 Å². The monoisotopic (exact) mass is 569 g/mol. The molecule has 8 atom stereocenters. The fourth-order valence-electron chi connectivity index (χ4n) is 7.16. The number of rotatable bonds is 4. The molecule has 1 saturated carbocycles. The van der Waals surface area contributed by atoms with Gasteiger partial charge in [-0.15, -0.1) is 0 Å². The van der Waals surface area contributed by atoms with E-state index >= 15 is 8.78 Å². The Labute approximate surface area is 232 Å². The first kappa shape index (κ1) is 27.8. The second-order valence-corrected chi connectivity index (χ2v) is 13.8. The maximum Gasteiger partial charge on any atom is 0.237 e. The Hall–Kier alpha value is -1.74. The first-order valence-electron chi connectivity index (χ1n) is 13.2. The summed E-state index contributed by atoms with van der Waals surface area (Å²) in [7, 11) is 0. The Morgan fingerprint density at radius 1 is 1.24 bits per heavy atom. The van der Waals surface area contributed by atoms with Gasteiger partial charge in [0.05, 0.1) is 27.6 Å². The zero-order valence-corrected chi connectivity index (χ0v) is 23.4. The standard InChI is InChI=1S/C28H35Cl2F2N3O3/c1-27(2,3)11-17-19-16-8-15(30)23(32)20(19)21(25(36)35-16)18(13-6-5-7-14(29)22(13)31)24(34-17)26(37)33-12-9-28(4,38)10-12/h5-8,12-13,17-22,24,34,38H,9-11H2,1-4H3,(H,33,37)(H,35,36)/t12?,13?,17-,18-,19?,20?,21+,22?,24-,28?/m1/s1. The highest BCUT2D eigenvalue weighted by Gasteiger charge is 2.60. The van der Waals surface area contributed by atoms with Gasteiger partial charge in [-0.1, -0.05) is 56.1 Å². The van der Waals surface area contributed by atoms with Crippen molar-refractivity contribution in [3.8, 4) is 0 Å². The van der Waals surface area contributed by atoms with Crippen LogP contribution in [0.1, 0.15) is 47.0 Å². The summed E-state index contributed by atoms with van der Waals surface area (Å²) >= 11 is 12.5. The highest BCUT2D eigenvalue weighted by atomic mass is 35.5. The minimum Gasteiger partial charge on any atom is -0.390 e. The Morgan fingerprint density at radius 2 is 1.92 bits per heavy atom. The predicted molar refractivity (Wildman–Crippen MR) is 142 cm³/mol. The van der Waals surface area contributed by atoms with Gasteiger partial charge in [-0.25, -0.2) is 8.78 Å². The van der Waals surface area contributed by atoms with E-state index in [0.29, 0.717) is 25.0 Å². The summed E-state index contributed by atoms with van der Waals surface area (Å²) in [6, 6.07) is -1.68. The van der Waals surface area contributed by atoms with Gasteiger partial charge in [0, 0.05) is 41.5 Å². The summed E-state index contributed by atoms with van der Waals surface area (Å²) in [6.45, 7) is 7.86. The number of aliphatic hydroxyl groups is 1. The lowest BCUT2D eigenvalue weighted by Crippen LogP contribution is -2.61. The lowest BCUT2D eigenvalue weighted by molar-refractivity contribution is -0.135. The molecule has 3 aliphatic carbocycles. The molecule has 0 radical (unpaired) electrons. The first-order valence-corrected chi connectivity index (χ1v) is 14.0. The van der Waals surface area contributed by atoms with Crippen LogP contribution in [0.5, 0.6) is 0 Å². The molecule has 0 aromatic carbocycles. The number of carbonyl (C=O) groups excluding carboxylic acids is 2. The molecule has 2 aliphatic heterocycles. The van der Waals surface area contributed by atoms with Gasteiger partial charge in [0.25, 0.3) is 0 Å². The Kier molecular flexibility index (Phi) is 7.11. The minimum absolute atomic E-state index is 0.0340. The topological polar surface area (TPSA) is 90.5 Å². The molecule has 0 aromatic heterocycles. The summed E-state index contributed by atoms with van der Waals surface area (Å²) in [5.41, 5.74) is -0.559. The van der Waals surface area contributed by atoms with Gasteiger partial charge in [0.2, 0.25) is 11.8 Å². The van der Waals surface area contributed by atoms with E-state index in [2.05, 4.69) is 36.7 Å². The highest BCUT2D eigenvalue weighted by molar-refractivity contribution is 6.31. The van der Waals surface area contributed by atoms with Crippen molar-refractivity contribution >= 4 is 35.0 Å². The van der Waals surface area contributed by atoms with Gasteiger partial charge in [0.15, 0.2) is 0 Å². The van der Waals surface area contributed by atoms with Gasteiger partial charge in [-0.05, 0) is 43.8 Å². The van der Waals surface area contributed by atoms with Crippen LogP contribution in [0.4, 0.5) is 8.78 Å². The molecule has 6 nitrogen and oxygen atoms in total. The molecule has 0 aromatic rings. The average Bonchev–Trinajstić information content (AvgIpc) is 2.89. The highest BCUT2D eigenvalue weighted by Crippen LogP contribution is 2.53. The van der Waals surface area contributed by atoms with E-state index in [1.165, 1.54) is 12.2 Å². The third kappa shape index (κ3) is 4.98. The van der Waals surface area contributed by atoms with Crippen molar-refractivity contribution in [1.82, 2.24) is 16.0 Å². The quantitative estimate of drug-likeness (QED) is 0.405. The minimum atomic E-state index is -1.67. The van der Waals surface area contributed by atoms with E-state index in [0.717, 1.165) is 0 Å². The fraction of sp³-hybridized carbons (Fsp3) is 0.643. The van der Waals surface area contributed by atoms with Gasteiger partial charge in [0.1, 0.15) is 12.0 Å². The van der Waals surface area contributed by atoms with Crippen molar-refractivity contribution in [3.05, 3.63) is 45.9 Å². The van der Waals surface area contributed by atoms with Gasteiger partial charge < -0.3 is 21.1 Å². The average molecular weight is 571 g/mol. The van der Waals surface area contributed by atoms with Crippen molar-refractivity contribution in [2.75, 3.05) is 0 Å². The number of nitrogens with one attached hydrogen (secondary N) is 3. The predicted octanol–water partition coefficient (Wildman–Crippen LogP) is 4.35. The van der Waals surface area contributed by atoms with E-state index in [1.54, 1.807) is 19.1 Å². The molecular weight excluding hydrogens is 535 g/mol. The maximum absolute atomic E-state index is 16.0. The van der Waals surface area contributed by atoms with Crippen LogP contribution in [0.15, 0.2) is 45.9 Å². The fourth-order valence-corrected chi connectivity index (χ4v) is 7.62. The van der Waals surface area contributed by atoms with Crippen molar-refractivity contribution in [1.29, 1.82) is 0 Å². The van der Waals surface area contributed by atoms with Crippen molar-refractivity contribution in [2.45, 2.75) is 76.9 Å². The summed E-state index contributed by atoms with van der Waals surface area (Å²) in [6.07, 6.45) is 5.80. The lowest BCUT2D eigenvalue weighted by Gasteiger charge is -2.46. The normalized spacial score (nSPS) is 42.4. The van der Waals surface area contributed by atoms with Crippen molar-refractivity contribution < 1.29 is 23.5 Å². The van der Waals surface area contributed by atoms with Gasteiger partial charge >= 0.3 is 0 Å². The van der Waals surface area contributed by atoms with Crippen molar-refractivity contribution in [2.24, 2.45) is 35.0 Å². The van der Waals surface area contributed by atoms with Crippen LogP contribution < -0.4 is 16.0 Å². The van der Waals surface area contributed by atoms with Crippen molar-refractivity contribution in [3.63, 3.8) is 0 Å². The summed E-state index contributed by atoms with van der Waals surface area (Å²) in [5.74, 6) is -5.91. The number of piperidine rings is 1. The molecule has 0 spiro atoms. The molecule has 3 fully saturated rings.